The van der Waals surface area contributed by atoms with Crippen LogP contribution in [0.1, 0.15) is 16.7 Å². The van der Waals surface area contributed by atoms with Gasteiger partial charge in [-0.1, -0.05) is 29.8 Å². The summed E-state index contributed by atoms with van der Waals surface area (Å²) >= 11 is 0. The van der Waals surface area contributed by atoms with Crippen LogP contribution in [0, 0.1) is 18.3 Å². The van der Waals surface area contributed by atoms with Crippen molar-refractivity contribution in [3.8, 4) is 6.07 Å². The molecule has 0 radical (unpaired) electrons. The van der Waals surface area contributed by atoms with E-state index in [4.69, 9.17) is 0 Å². The number of piperazine rings is 1. The summed E-state index contributed by atoms with van der Waals surface area (Å²) in [4.78, 5) is 9.04. The molecule has 0 amide bonds. The van der Waals surface area contributed by atoms with Gasteiger partial charge in [0.25, 0.3) is 0 Å². The van der Waals surface area contributed by atoms with Crippen LogP contribution in [0.15, 0.2) is 42.6 Å². The maximum Gasteiger partial charge on any atom is 0.146 e. The minimum atomic E-state index is 0.662. The lowest BCUT2D eigenvalue weighted by molar-refractivity contribution is 0.249. The monoisotopic (exact) mass is 292 g/mol. The molecule has 1 aromatic carbocycles. The van der Waals surface area contributed by atoms with Crippen molar-refractivity contribution in [1.29, 1.82) is 5.26 Å². The number of hydrogen-bond donors (Lipinski definition) is 0. The van der Waals surface area contributed by atoms with E-state index in [-0.39, 0.29) is 0 Å². The third-order valence-electron chi connectivity index (χ3n) is 4.11. The Morgan fingerprint density at radius 2 is 1.82 bits per heavy atom. The lowest BCUT2D eigenvalue weighted by Gasteiger charge is -2.35. The maximum absolute atomic E-state index is 9.19. The van der Waals surface area contributed by atoms with Crippen molar-refractivity contribution < 1.29 is 0 Å². The fraction of sp³-hybridized carbons (Fsp3) is 0.333. The molecule has 112 valence electrons. The number of nitrogens with zero attached hydrogens (tertiary/aromatic N) is 4. The van der Waals surface area contributed by atoms with Gasteiger partial charge in [0.15, 0.2) is 0 Å². The number of anilines is 1. The zero-order valence-corrected chi connectivity index (χ0v) is 12.9. The van der Waals surface area contributed by atoms with Crippen molar-refractivity contribution >= 4 is 5.82 Å². The van der Waals surface area contributed by atoms with Gasteiger partial charge in [-0.3, -0.25) is 4.90 Å². The van der Waals surface area contributed by atoms with E-state index in [1.165, 1.54) is 11.1 Å². The molecule has 0 aliphatic carbocycles. The zero-order chi connectivity index (χ0) is 15.4. The maximum atomic E-state index is 9.19. The normalized spacial score (nSPS) is 15.5. The lowest BCUT2D eigenvalue weighted by atomic mass is 10.1. The van der Waals surface area contributed by atoms with Crippen LogP contribution in [0.25, 0.3) is 0 Å². The Balaban J connectivity index is 1.61. The number of hydrogen-bond acceptors (Lipinski definition) is 4. The Morgan fingerprint density at radius 3 is 2.50 bits per heavy atom. The molecule has 0 saturated carbocycles. The van der Waals surface area contributed by atoms with Gasteiger partial charge in [0.05, 0.1) is 5.56 Å². The van der Waals surface area contributed by atoms with Crippen LogP contribution in [0.3, 0.4) is 0 Å². The minimum absolute atomic E-state index is 0.662. The average molecular weight is 292 g/mol. The Morgan fingerprint density at radius 1 is 1.09 bits per heavy atom. The first kappa shape index (κ1) is 14.6. The van der Waals surface area contributed by atoms with E-state index in [0.717, 1.165) is 38.5 Å². The summed E-state index contributed by atoms with van der Waals surface area (Å²) in [5.41, 5.74) is 3.32. The van der Waals surface area contributed by atoms with E-state index in [0.29, 0.717) is 5.56 Å². The van der Waals surface area contributed by atoms with Gasteiger partial charge in [0, 0.05) is 38.9 Å². The second-order valence-corrected chi connectivity index (χ2v) is 5.74. The molecule has 4 heteroatoms. The molecule has 1 saturated heterocycles. The molecule has 1 fully saturated rings. The molecule has 1 aromatic heterocycles. The summed E-state index contributed by atoms with van der Waals surface area (Å²) in [5.74, 6) is 0.819. The summed E-state index contributed by atoms with van der Waals surface area (Å²) in [5, 5.41) is 9.19. The summed E-state index contributed by atoms with van der Waals surface area (Å²) < 4.78 is 0. The molecular formula is C18H20N4. The fourth-order valence-corrected chi connectivity index (χ4v) is 2.81. The molecule has 2 heterocycles. The van der Waals surface area contributed by atoms with E-state index in [9.17, 15) is 5.26 Å². The first-order chi connectivity index (χ1) is 10.8. The van der Waals surface area contributed by atoms with Gasteiger partial charge >= 0.3 is 0 Å². The molecule has 0 unspecified atom stereocenters. The third kappa shape index (κ3) is 3.26. The topological polar surface area (TPSA) is 43.2 Å². The standard InChI is InChI=1S/C18H20N4/c1-15-4-6-16(7-5-15)14-21-9-11-22(12-10-21)18-17(13-19)3-2-8-20-18/h2-8H,9-12,14H2,1H3. The number of rotatable bonds is 3. The Bertz CT molecular complexity index is 664. The van der Waals surface area contributed by atoms with Gasteiger partial charge in [-0.2, -0.15) is 5.26 Å². The lowest BCUT2D eigenvalue weighted by Crippen LogP contribution is -2.46. The molecule has 0 spiro atoms. The van der Waals surface area contributed by atoms with Crippen LogP contribution in [-0.2, 0) is 6.54 Å². The van der Waals surface area contributed by atoms with Gasteiger partial charge in [0.2, 0.25) is 0 Å². The van der Waals surface area contributed by atoms with Crippen LogP contribution in [0.2, 0.25) is 0 Å². The van der Waals surface area contributed by atoms with Crippen molar-refractivity contribution in [3.05, 3.63) is 59.3 Å². The number of aryl methyl sites for hydroxylation is 1. The zero-order valence-electron chi connectivity index (χ0n) is 12.9. The average Bonchev–Trinajstić information content (AvgIpc) is 2.58. The second kappa shape index (κ2) is 6.59. The van der Waals surface area contributed by atoms with Crippen molar-refractivity contribution in [3.63, 3.8) is 0 Å². The van der Waals surface area contributed by atoms with E-state index in [1.54, 1.807) is 6.20 Å². The van der Waals surface area contributed by atoms with Crippen LogP contribution in [0.5, 0.6) is 0 Å². The minimum Gasteiger partial charge on any atom is -0.353 e. The highest BCUT2D eigenvalue weighted by atomic mass is 15.3. The molecule has 22 heavy (non-hydrogen) atoms. The molecule has 0 bridgehead atoms. The van der Waals surface area contributed by atoms with Gasteiger partial charge in [0.1, 0.15) is 11.9 Å². The summed E-state index contributed by atoms with van der Waals surface area (Å²) in [6, 6.07) is 14.6. The molecule has 1 aliphatic rings. The molecule has 3 rings (SSSR count). The number of nitriles is 1. The van der Waals surface area contributed by atoms with E-state index in [1.807, 2.05) is 12.1 Å². The Kier molecular flexibility index (Phi) is 4.36. The Hall–Kier alpha value is -2.38. The van der Waals surface area contributed by atoms with Crippen LogP contribution in [0.4, 0.5) is 5.82 Å². The summed E-state index contributed by atoms with van der Waals surface area (Å²) in [6.07, 6.45) is 1.76. The molecule has 0 N–H and O–H groups in total. The van der Waals surface area contributed by atoms with Gasteiger partial charge in [-0.15, -0.1) is 0 Å². The van der Waals surface area contributed by atoms with Crippen LogP contribution in [-0.4, -0.2) is 36.1 Å². The first-order valence-electron chi connectivity index (χ1n) is 7.64. The molecular weight excluding hydrogens is 272 g/mol. The van der Waals surface area contributed by atoms with Crippen molar-refractivity contribution in [2.75, 3.05) is 31.1 Å². The molecule has 1 aliphatic heterocycles. The van der Waals surface area contributed by atoms with Crippen molar-refractivity contribution in [2.24, 2.45) is 0 Å². The fourth-order valence-electron chi connectivity index (χ4n) is 2.81. The first-order valence-corrected chi connectivity index (χ1v) is 7.64. The van der Waals surface area contributed by atoms with Gasteiger partial charge in [-0.05, 0) is 24.6 Å². The van der Waals surface area contributed by atoms with E-state index >= 15 is 0 Å². The number of pyridine rings is 1. The predicted molar refractivity (Wildman–Crippen MR) is 87.6 cm³/mol. The predicted octanol–water partition coefficient (Wildman–Crippen LogP) is 2.58. The van der Waals surface area contributed by atoms with Gasteiger partial charge < -0.3 is 4.90 Å². The summed E-state index contributed by atoms with van der Waals surface area (Å²) in [7, 11) is 0. The largest absolute Gasteiger partial charge is 0.353 e. The highest BCUT2D eigenvalue weighted by Crippen LogP contribution is 2.18. The van der Waals surface area contributed by atoms with Crippen molar-refractivity contribution in [2.45, 2.75) is 13.5 Å². The van der Waals surface area contributed by atoms with Crippen LogP contribution >= 0.6 is 0 Å². The van der Waals surface area contributed by atoms with E-state index < -0.39 is 0 Å². The van der Waals surface area contributed by atoms with Crippen LogP contribution < -0.4 is 4.90 Å². The smallest absolute Gasteiger partial charge is 0.146 e. The molecule has 4 nitrogen and oxygen atoms in total. The molecule has 0 atom stereocenters. The number of aromatic nitrogens is 1. The quantitative estimate of drug-likeness (QED) is 0.872. The van der Waals surface area contributed by atoms with Gasteiger partial charge in [-0.25, -0.2) is 4.98 Å². The highest BCUT2D eigenvalue weighted by molar-refractivity contribution is 5.53. The highest BCUT2D eigenvalue weighted by Gasteiger charge is 2.20. The molecule has 2 aromatic rings. The third-order valence-corrected chi connectivity index (χ3v) is 4.11. The Labute approximate surface area is 131 Å². The second-order valence-electron chi connectivity index (χ2n) is 5.74. The number of benzene rings is 1. The SMILES string of the molecule is Cc1ccc(CN2CCN(c3ncccc3C#N)CC2)cc1. The summed E-state index contributed by atoms with van der Waals surface area (Å²) in [6.45, 7) is 6.92. The van der Waals surface area contributed by atoms with E-state index in [2.05, 4.69) is 52.0 Å². The van der Waals surface area contributed by atoms with Crippen molar-refractivity contribution in [1.82, 2.24) is 9.88 Å².